The molecular weight excluding hydrogens is 288 g/mol. The van der Waals surface area contributed by atoms with E-state index in [9.17, 15) is 13.2 Å². The molecule has 1 aliphatic heterocycles. The van der Waals surface area contributed by atoms with Crippen LogP contribution in [0, 0.1) is 17.8 Å². The highest BCUT2D eigenvalue weighted by molar-refractivity contribution is 7.89. The first-order valence-corrected chi connectivity index (χ1v) is 9.88. The standard InChI is InChI=1S/C15H26N2O3S/c1-2-21(19,20)17-7-5-12(6-8-17)15(18)16-14-10-11-3-4-13(14)9-11/h11-14H,2-10H2,1H3,(H,16,18)/t11-,13-,14+/m1/s1. The molecule has 2 aliphatic carbocycles. The van der Waals surface area contributed by atoms with Gasteiger partial charge in [0.15, 0.2) is 0 Å². The highest BCUT2D eigenvalue weighted by Crippen LogP contribution is 2.44. The van der Waals surface area contributed by atoms with Crippen LogP contribution in [-0.4, -0.2) is 43.5 Å². The first-order chi connectivity index (χ1) is 9.99. The van der Waals surface area contributed by atoms with E-state index in [1.807, 2.05) is 0 Å². The maximum atomic E-state index is 12.4. The van der Waals surface area contributed by atoms with E-state index in [1.165, 1.54) is 23.6 Å². The Morgan fingerprint density at radius 2 is 1.86 bits per heavy atom. The number of nitrogens with one attached hydrogen (secondary N) is 1. The van der Waals surface area contributed by atoms with Gasteiger partial charge in [0.25, 0.3) is 0 Å². The predicted molar refractivity (Wildman–Crippen MR) is 81.1 cm³/mol. The van der Waals surface area contributed by atoms with Gasteiger partial charge in [-0.05, 0) is 50.9 Å². The molecular formula is C15H26N2O3S. The second kappa shape index (κ2) is 5.88. The van der Waals surface area contributed by atoms with Crippen LogP contribution in [0.5, 0.6) is 0 Å². The SMILES string of the molecule is CCS(=O)(=O)N1CCC(C(=O)N[C@H]2C[C@@H]3CC[C@@H]2C3)CC1. The van der Waals surface area contributed by atoms with Crippen LogP contribution in [0.1, 0.15) is 45.4 Å². The summed E-state index contributed by atoms with van der Waals surface area (Å²) >= 11 is 0. The summed E-state index contributed by atoms with van der Waals surface area (Å²) in [5.41, 5.74) is 0. The van der Waals surface area contributed by atoms with Crippen LogP contribution >= 0.6 is 0 Å². The normalized spacial score (nSPS) is 34.2. The van der Waals surface area contributed by atoms with Crippen molar-refractivity contribution in [2.24, 2.45) is 17.8 Å². The predicted octanol–water partition coefficient (Wildman–Crippen LogP) is 1.35. The maximum Gasteiger partial charge on any atom is 0.223 e. The Balaban J connectivity index is 1.49. The van der Waals surface area contributed by atoms with Gasteiger partial charge in [0.2, 0.25) is 15.9 Å². The summed E-state index contributed by atoms with van der Waals surface area (Å²) in [6.07, 6.45) is 6.36. The summed E-state index contributed by atoms with van der Waals surface area (Å²) in [6.45, 7) is 2.65. The molecule has 0 aromatic carbocycles. The Bertz CT molecular complexity index is 497. The number of sulfonamides is 1. The fourth-order valence-corrected chi connectivity index (χ4v) is 5.43. The van der Waals surface area contributed by atoms with Crippen LogP contribution in [0.3, 0.4) is 0 Å². The number of carbonyl (C=O) groups excluding carboxylic acids is 1. The van der Waals surface area contributed by atoms with Crippen molar-refractivity contribution in [2.45, 2.75) is 51.5 Å². The van der Waals surface area contributed by atoms with Gasteiger partial charge in [-0.3, -0.25) is 4.79 Å². The summed E-state index contributed by atoms with van der Waals surface area (Å²) in [5, 5.41) is 3.24. The van der Waals surface area contributed by atoms with Gasteiger partial charge >= 0.3 is 0 Å². The number of fused-ring (bicyclic) bond motifs is 2. The van der Waals surface area contributed by atoms with Gasteiger partial charge in [0, 0.05) is 25.0 Å². The minimum Gasteiger partial charge on any atom is -0.353 e. The number of carbonyl (C=O) groups is 1. The largest absolute Gasteiger partial charge is 0.353 e. The first-order valence-electron chi connectivity index (χ1n) is 8.27. The smallest absolute Gasteiger partial charge is 0.223 e. The van der Waals surface area contributed by atoms with Crippen molar-refractivity contribution >= 4 is 15.9 Å². The molecule has 1 heterocycles. The molecule has 1 amide bonds. The Hall–Kier alpha value is -0.620. The highest BCUT2D eigenvalue weighted by atomic mass is 32.2. The second-order valence-electron chi connectivity index (χ2n) is 6.86. The molecule has 3 atom stereocenters. The fourth-order valence-electron chi connectivity index (χ4n) is 4.30. The molecule has 2 saturated carbocycles. The average Bonchev–Trinajstić information content (AvgIpc) is 3.10. The molecule has 21 heavy (non-hydrogen) atoms. The van der Waals surface area contributed by atoms with Gasteiger partial charge in [-0.1, -0.05) is 6.42 Å². The molecule has 6 heteroatoms. The third-order valence-corrected chi connectivity index (χ3v) is 7.53. The zero-order chi connectivity index (χ0) is 15.0. The van der Waals surface area contributed by atoms with Crippen LogP contribution in [0.15, 0.2) is 0 Å². The van der Waals surface area contributed by atoms with Gasteiger partial charge in [-0.25, -0.2) is 12.7 Å². The van der Waals surface area contributed by atoms with E-state index in [0.29, 0.717) is 37.9 Å². The Morgan fingerprint density at radius 1 is 1.14 bits per heavy atom. The monoisotopic (exact) mass is 314 g/mol. The van der Waals surface area contributed by atoms with Crippen molar-refractivity contribution in [3.8, 4) is 0 Å². The Morgan fingerprint density at radius 3 is 2.38 bits per heavy atom. The van der Waals surface area contributed by atoms with Crippen LogP contribution in [0.2, 0.25) is 0 Å². The third-order valence-electron chi connectivity index (χ3n) is 5.65. The van der Waals surface area contributed by atoms with Crippen LogP contribution in [0.4, 0.5) is 0 Å². The number of amides is 1. The molecule has 3 aliphatic rings. The molecule has 0 radical (unpaired) electrons. The van der Waals surface area contributed by atoms with Gasteiger partial charge in [0.05, 0.1) is 5.75 Å². The molecule has 0 unspecified atom stereocenters. The van der Waals surface area contributed by atoms with E-state index in [2.05, 4.69) is 5.32 Å². The summed E-state index contributed by atoms with van der Waals surface area (Å²) in [5.74, 6) is 1.82. The van der Waals surface area contributed by atoms with Crippen molar-refractivity contribution < 1.29 is 13.2 Å². The Labute approximate surface area is 127 Å². The lowest BCUT2D eigenvalue weighted by molar-refractivity contribution is -0.127. The number of nitrogens with zero attached hydrogens (tertiary/aromatic N) is 1. The van der Waals surface area contributed by atoms with E-state index in [1.54, 1.807) is 6.92 Å². The molecule has 0 aromatic heterocycles. The molecule has 1 N–H and O–H groups in total. The van der Waals surface area contributed by atoms with Gasteiger partial charge in [-0.2, -0.15) is 0 Å². The molecule has 120 valence electrons. The van der Waals surface area contributed by atoms with Crippen molar-refractivity contribution in [3.05, 3.63) is 0 Å². The maximum absolute atomic E-state index is 12.4. The van der Waals surface area contributed by atoms with Crippen molar-refractivity contribution in [1.29, 1.82) is 0 Å². The lowest BCUT2D eigenvalue weighted by Gasteiger charge is -2.32. The summed E-state index contributed by atoms with van der Waals surface area (Å²) in [6, 6.07) is 0.383. The zero-order valence-corrected chi connectivity index (χ0v) is 13.6. The third kappa shape index (κ3) is 3.11. The molecule has 3 rings (SSSR count). The quantitative estimate of drug-likeness (QED) is 0.852. The molecule has 2 bridgehead atoms. The van der Waals surface area contributed by atoms with Gasteiger partial charge in [0.1, 0.15) is 0 Å². The topological polar surface area (TPSA) is 66.5 Å². The average molecular weight is 314 g/mol. The number of hydrogen-bond donors (Lipinski definition) is 1. The lowest BCUT2D eigenvalue weighted by atomic mass is 9.93. The van der Waals surface area contributed by atoms with Crippen LogP contribution in [-0.2, 0) is 14.8 Å². The van der Waals surface area contributed by atoms with E-state index >= 15 is 0 Å². The fraction of sp³-hybridized carbons (Fsp3) is 0.933. The van der Waals surface area contributed by atoms with Crippen molar-refractivity contribution in [1.82, 2.24) is 9.62 Å². The number of rotatable bonds is 4. The molecule has 5 nitrogen and oxygen atoms in total. The minimum atomic E-state index is -3.10. The van der Waals surface area contributed by atoms with Crippen LogP contribution < -0.4 is 5.32 Å². The summed E-state index contributed by atoms with van der Waals surface area (Å²) in [7, 11) is -3.10. The van der Waals surface area contributed by atoms with Crippen molar-refractivity contribution in [3.63, 3.8) is 0 Å². The first kappa shape index (κ1) is 15.3. The van der Waals surface area contributed by atoms with Gasteiger partial charge in [-0.15, -0.1) is 0 Å². The molecule has 1 saturated heterocycles. The van der Waals surface area contributed by atoms with E-state index in [0.717, 1.165) is 12.3 Å². The highest BCUT2D eigenvalue weighted by Gasteiger charge is 2.41. The zero-order valence-electron chi connectivity index (χ0n) is 12.8. The van der Waals surface area contributed by atoms with E-state index in [4.69, 9.17) is 0 Å². The number of hydrogen-bond acceptors (Lipinski definition) is 3. The van der Waals surface area contributed by atoms with Crippen molar-refractivity contribution in [2.75, 3.05) is 18.8 Å². The summed E-state index contributed by atoms with van der Waals surface area (Å²) in [4.78, 5) is 12.4. The molecule has 0 spiro atoms. The Kier molecular flexibility index (Phi) is 4.28. The van der Waals surface area contributed by atoms with Crippen LogP contribution in [0.25, 0.3) is 0 Å². The van der Waals surface area contributed by atoms with Gasteiger partial charge < -0.3 is 5.32 Å². The lowest BCUT2D eigenvalue weighted by Crippen LogP contribution is -2.46. The van der Waals surface area contributed by atoms with E-state index < -0.39 is 10.0 Å². The molecule has 3 fully saturated rings. The van der Waals surface area contributed by atoms with E-state index in [-0.39, 0.29) is 17.6 Å². The summed E-state index contributed by atoms with van der Waals surface area (Å²) < 4.78 is 25.2. The minimum absolute atomic E-state index is 0.00701. The molecule has 0 aromatic rings. The number of piperidine rings is 1. The second-order valence-corrected chi connectivity index (χ2v) is 9.12.